The van der Waals surface area contributed by atoms with Gasteiger partial charge in [-0.15, -0.1) is 11.8 Å². The second kappa shape index (κ2) is 7.33. The van der Waals surface area contributed by atoms with E-state index in [-0.39, 0.29) is 16.8 Å². The van der Waals surface area contributed by atoms with Crippen molar-refractivity contribution in [3.05, 3.63) is 76.8 Å². The number of thioether (sulfide) groups is 1. The molecule has 26 heavy (non-hydrogen) atoms. The summed E-state index contributed by atoms with van der Waals surface area (Å²) in [5.74, 6) is 1.01. The van der Waals surface area contributed by atoms with E-state index in [1.807, 2.05) is 41.3 Å². The summed E-state index contributed by atoms with van der Waals surface area (Å²) in [6.07, 6.45) is 1.83. The minimum absolute atomic E-state index is 0.0650. The van der Waals surface area contributed by atoms with E-state index < -0.39 is 0 Å². The maximum Gasteiger partial charge on any atom is 0.261 e. The van der Waals surface area contributed by atoms with E-state index in [0.717, 1.165) is 17.9 Å². The number of rotatable bonds is 4. The van der Waals surface area contributed by atoms with Crippen LogP contribution in [0.3, 0.4) is 0 Å². The van der Waals surface area contributed by atoms with Crippen molar-refractivity contribution < 1.29 is 4.79 Å². The molecule has 1 amide bonds. The van der Waals surface area contributed by atoms with Gasteiger partial charge in [-0.05, 0) is 17.7 Å². The summed E-state index contributed by atoms with van der Waals surface area (Å²) >= 11 is 1.78. The van der Waals surface area contributed by atoms with Crippen molar-refractivity contribution in [3.8, 4) is 0 Å². The zero-order valence-corrected chi connectivity index (χ0v) is 15.1. The van der Waals surface area contributed by atoms with Crippen molar-refractivity contribution in [1.82, 2.24) is 14.5 Å². The third-order valence-electron chi connectivity index (χ3n) is 4.59. The summed E-state index contributed by atoms with van der Waals surface area (Å²) in [7, 11) is 0. The van der Waals surface area contributed by atoms with E-state index in [1.165, 1.54) is 10.9 Å². The smallest absolute Gasteiger partial charge is 0.261 e. The van der Waals surface area contributed by atoms with Crippen LogP contribution in [0.25, 0.3) is 10.9 Å². The Bertz CT molecular complexity index is 987. The van der Waals surface area contributed by atoms with Crippen LogP contribution >= 0.6 is 11.8 Å². The molecule has 2 heterocycles. The van der Waals surface area contributed by atoms with Crippen LogP contribution in [-0.4, -0.2) is 32.7 Å². The fourth-order valence-electron chi connectivity index (χ4n) is 3.24. The lowest BCUT2D eigenvalue weighted by Crippen LogP contribution is -2.32. The summed E-state index contributed by atoms with van der Waals surface area (Å²) in [5, 5.41) is 0.650. The lowest BCUT2D eigenvalue weighted by Gasteiger charge is -2.24. The van der Waals surface area contributed by atoms with Crippen LogP contribution in [0.1, 0.15) is 17.4 Å². The Morgan fingerprint density at radius 1 is 1.12 bits per heavy atom. The predicted octanol–water partition coefficient (Wildman–Crippen LogP) is 3.06. The molecule has 1 unspecified atom stereocenters. The fraction of sp³-hybridized carbons (Fsp3) is 0.250. The number of carbonyl (C=O) groups is 1. The number of carbonyl (C=O) groups excluding carboxylic acids is 1. The van der Waals surface area contributed by atoms with Gasteiger partial charge in [-0.3, -0.25) is 14.2 Å². The third kappa shape index (κ3) is 3.24. The van der Waals surface area contributed by atoms with Gasteiger partial charge in [0.2, 0.25) is 5.91 Å². The summed E-state index contributed by atoms with van der Waals surface area (Å²) in [4.78, 5) is 31.5. The Morgan fingerprint density at radius 3 is 2.73 bits per heavy atom. The molecule has 0 spiro atoms. The second-order valence-corrected chi connectivity index (χ2v) is 7.42. The molecule has 1 fully saturated rings. The van der Waals surface area contributed by atoms with Gasteiger partial charge < -0.3 is 4.90 Å². The van der Waals surface area contributed by atoms with E-state index in [1.54, 1.807) is 17.8 Å². The number of para-hydroxylation sites is 1. The standard InChI is InChI=1S/C20H19N3O2S/c24-18(23-12-13-26-20(23)15-6-2-1-3-7-15)10-11-22-14-21-17-9-5-4-8-16(17)19(22)25/h1-9,14,20H,10-13H2. The molecule has 5 nitrogen and oxygen atoms in total. The monoisotopic (exact) mass is 365 g/mol. The van der Waals surface area contributed by atoms with Crippen LogP contribution in [0, 0.1) is 0 Å². The second-order valence-electron chi connectivity index (χ2n) is 6.23. The van der Waals surface area contributed by atoms with E-state index in [4.69, 9.17) is 0 Å². The van der Waals surface area contributed by atoms with Gasteiger partial charge in [-0.1, -0.05) is 42.5 Å². The highest BCUT2D eigenvalue weighted by atomic mass is 32.2. The Labute approximate surface area is 155 Å². The number of fused-ring (bicyclic) bond motifs is 1. The number of hydrogen-bond acceptors (Lipinski definition) is 4. The van der Waals surface area contributed by atoms with Gasteiger partial charge in [0, 0.05) is 25.3 Å². The first-order valence-corrected chi connectivity index (χ1v) is 9.69. The van der Waals surface area contributed by atoms with Crippen molar-refractivity contribution in [3.63, 3.8) is 0 Å². The first-order chi connectivity index (χ1) is 12.7. The molecule has 0 N–H and O–H groups in total. The van der Waals surface area contributed by atoms with Crippen molar-refractivity contribution >= 4 is 28.6 Å². The number of hydrogen-bond donors (Lipinski definition) is 0. The largest absolute Gasteiger partial charge is 0.326 e. The van der Waals surface area contributed by atoms with Gasteiger partial charge in [0.15, 0.2) is 0 Å². The molecule has 1 aromatic heterocycles. The molecule has 0 bridgehead atoms. The van der Waals surface area contributed by atoms with E-state index in [0.29, 0.717) is 23.9 Å². The minimum Gasteiger partial charge on any atom is -0.326 e. The molecule has 1 atom stereocenters. The highest BCUT2D eigenvalue weighted by Crippen LogP contribution is 2.37. The zero-order valence-electron chi connectivity index (χ0n) is 14.2. The average Bonchev–Trinajstić information content (AvgIpc) is 3.18. The Hall–Kier alpha value is -2.60. The summed E-state index contributed by atoms with van der Waals surface area (Å²) in [6.45, 7) is 1.09. The van der Waals surface area contributed by atoms with Gasteiger partial charge in [0.25, 0.3) is 5.56 Å². The molecule has 3 aromatic rings. The van der Waals surface area contributed by atoms with E-state index in [9.17, 15) is 9.59 Å². The van der Waals surface area contributed by atoms with Crippen molar-refractivity contribution in [2.24, 2.45) is 0 Å². The molecule has 0 aliphatic carbocycles. The van der Waals surface area contributed by atoms with Crippen LogP contribution in [-0.2, 0) is 11.3 Å². The number of benzene rings is 2. The number of nitrogens with zero attached hydrogens (tertiary/aromatic N) is 3. The highest BCUT2D eigenvalue weighted by Gasteiger charge is 2.30. The molecule has 4 rings (SSSR count). The summed E-state index contributed by atoms with van der Waals surface area (Å²) < 4.78 is 1.53. The normalized spacial score (nSPS) is 16.9. The highest BCUT2D eigenvalue weighted by molar-refractivity contribution is 7.99. The molecular weight excluding hydrogens is 346 g/mol. The first kappa shape index (κ1) is 16.8. The van der Waals surface area contributed by atoms with Crippen LogP contribution < -0.4 is 5.56 Å². The maximum atomic E-state index is 12.8. The minimum atomic E-state index is -0.0983. The lowest BCUT2D eigenvalue weighted by molar-refractivity contribution is -0.131. The van der Waals surface area contributed by atoms with Crippen LogP contribution in [0.4, 0.5) is 0 Å². The molecule has 0 saturated carbocycles. The zero-order chi connectivity index (χ0) is 17.9. The van der Waals surface area contributed by atoms with Gasteiger partial charge in [-0.2, -0.15) is 0 Å². The maximum absolute atomic E-state index is 12.8. The van der Waals surface area contributed by atoms with Crippen molar-refractivity contribution in [2.75, 3.05) is 12.3 Å². The first-order valence-electron chi connectivity index (χ1n) is 8.64. The lowest BCUT2D eigenvalue weighted by atomic mass is 10.2. The van der Waals surface area contributed by atoms with E-state index in [2.05, 4.69) is 17.1 Å². The van der Waals surface area contributed by atoms with Crippen molar-refractivity contribution in [1.29, 1.82) is 0 Å². The topological polar surface area (TPSA) is 55.2 Å². The van der Waals surface area contributed by atoms with Crippen molar-refractivity contribution in [2.45, 2.75) is 18.3 Å². The molecule has 2 aromatic carbocycles. The fourth-order valence-corrected chi connectivity index (χ4v) is 4.52. The number of aryl methyl sites for hydroxylation is 1. The Morgan fingerprint density at radius 2 is 1.88 bits per heavy atom. The summed E-state index contributed by atoms with van der Waals surface area (Å²) in [5.41, 5.74) is 1.73. The molecule has 6 heteroatoms. The Kier molecular flexibility index (Phi) is 4.75. The number of aromatic nitrogens is 2. The van der Waals surface area contributed by atoms with Gasteiger partial charge in [-0.25, -0.2) is 4.98 Å². The third-order valence-corrected chi connectivity index (χ3v) is 5.85. The van der Waals surface area contributed by atoms with Gasteiger partial charge in [0.1, 0.15) is 5.37 Å². The van der Waals surface area contributed by atoms with Crippen LogP contribution in [0.5, 0.6) is 0 Å². The SMILES string of the molecule is O=C(CCn1cnc2ccccc2c1=O)N1CCSC1c1ccccc1. The Balaban J connectivity index is 1.49. The van der Waals surface area contributed by atoms with Gasteiger partial charge >= 0.3 is 0 Å². The van der Waals surface area contributed by atoms with Crippen LogP contribution in [0.2, 0.25) is 0 Å². The molecule has 0 radical (unpaired) electrons. The molecule has 1 saturated heterocycles. The quantitative estimate of drug-likeness (QED) is 0.713. The molecular formula is C20H19N3O2S. The van der Waals surface area contributed by atoms with E-state index >= 15 is 0 Å². The number of amides is 1. The molecule has 132 valence electrons. The molecule has 1 aliphatic heterocycles. The predicted molar refractivity (Wildman–Crippen MR) is 104 cm³/mol. The average molecular weight is 365 g/mol. The molecule has 1 aliphatic rings. The van der Waals surface area contributed by atoms with Gasteiger partial charge in [0.05, 0.1) is 17.2 Å². The van der Waals surface area contributed by atoms with Crippen LogP contribution in [0.15, 0.2) is 65.7 Å². The summed E-state index contributed by atoms with van der Waals surface area (Å²) in [6, 6.07) is 17.4.